The number of alkyl carbamates (subject to hydrolysis) is 1. The zero-order valence-corrected chi connectivity index (χ0v) is 18.1. The lowest BCUT2D eigenvalue weighted by atomic mass is 9.95. The van der Waals surface area contributed by atoms with Crippen LogP contribution in [0.1, 0.15) is 62.8 Å². The first-order chi connectivity index (χ1) is 14.2. The van der Waals surface area contributed by atoms with E-state index in [2.05, 4.69) is 5.32 Å². The van der Waals surface area contributed by atoms with Gasteiger partial charge in [0, 0.05) is 6.54 Å². The third-order valence-corrected chi connectivity index (χ3v) is 4.43. The minimum absolute atomic E-state index is 0.200. The molecule has 2 aromatic rings. The zero-order valence-electron chi connectivity index (χ0n) is 18.1. The Kier molecular flexibility index (Phi) is 8.42. The number of ether oxygens (including phenoxy) is 2. The Morgan fingerprint density at radius 3 is 2.30 bits per heavy atom. The summed E-state index contributed by atoms with van der Waals surface area (Å²) >= 11 is 0. The van der Waals surface area contributed by atoms with Gasteiger partial charge in [-0.2, -0.15) is 0 Å². The predicted molar refractivity (Wildman–Crippen MR) is 115 cm³/mol. The maximum Gasteiger partial charge on any atom is 0.407 e. The third kappa shape index (κ3) is 7.52. The van der Waals surface area contributed by atoms with Crippen LogP contribution in [0.3, 0.4) is 0 Å². The number of aliphatic hydroxyl groups is 1. The van der Waals surface area contributed by atoms with E-state index >= 15 is 0 Å². The van der Waals surface area contributed by atoms with E-state index in [0.29, 0.717) is 13.0 Å². The molecule has 0 aliphatic carbocycles. The number of carbonyl (C=O) groups is 2. The quantitative estimate of drug-likeness (QED) is 0.497. The number of nitrogens with one attached hydrogen (secondary N) is 1. The van der Waals surface area contributed by atoms with E-state index in [9.17, 15) is 14.7 Å². The van der Waals surface area contributed by atoms with E-state index in [1.165, 1.54) is 0 Å². The number of esters is 1. The van der Waals surface area contributed by atoms with Crippen molar-refractivity contribution < 1.29 is 24.2 Å². The summed E-state index contributed by atoms with van der Waals surface area (Å²) in [6.07, 6.45) is -0.755. The Bertz CT molecular complexity index is 829. The molecule has 2 atom stereocenters. The highest BCUT2D eigenvalue weighted by atomic mass is 16.6. The van der Waals surface area contributed by atoms with Crippen molar-refractivity contribution in [2.45, 2.75) is 51.7 Å². The molecule has 2 rings (SSSR count). The third-order valence-electron chi connectivity index (χ3n) is 4.43. The fraction of sp³-hybridized carbons (Fsp3) is 0.417. The Balaban J connectivity index is 1.83. The van der Waals surface area contributed by atoms with Gasteiger partial charge in [-0.05, 0) is 50.8 Å². The molecule has 0 heterocycles. The molecule has 0 aliphatic heterocycles. The molecule has 2 aromatic carbocycles. The number of carbonyl (C=O) groups excluding carboxylic acids is 2. The second kappa shape index (κ2) is 10.8. The van der Waals surface area contributed by atoms with E-state index in [1.54, 1.807) is 27.7 Å². The minimum atomic E-state index is -0.756. The molecule has 0 aromatic heterocycles. The van der Waals surface area contributed by atoms with Crippen LogP contribution in [-0.4, -0.2) is 35.9 Å². The highest BCUT2D eigenvalue weighted by Crippen LogP contribution is 2.25. The first kappa shape index (κ1) is 23.4. The number of benzene rings is 2. The monoisotopic (exact) mass is 413 g/mol. The van der Waals surface area contributed by atoms with Crippen LogP contribution in [0.4, 0.5) is 4.79 Å². The second-order valence-electron chi connectivity index (χ2n) is 8.15. The summed E-state index contributed by atoms with van der Waals surface area (Å²) in [5, 5.41) is 13.2. The van der Waals surface area contributed by atoms with Gasteiger partial charge in [0.1, 0.15) is 11.7 Å². The van der Waals surface area contributed by atoms with Crippen molar-refractivity contribution in [3.05, 3.63) is 71.3 Å². The van der Waals surface area contributed by atoms with Gasteiger partial charge < -0.3 is 19.9 Å². The van der Waals surface area contributed by atoms with Gasteiger partial charge in [0.05, 0.1) is 12.5 Å². The Morgan fingerprint density at radius 1 is 1.00 bits per heavy atom. The van der Waals surface area contributed by atoms with E-state index < -0.39 is 23.7 Å². The molecular weight excluding hydrogens is 382 g/mol. The summed E-state index contributed by atoms with van der Waals surface area (Å²) in [6, 6.07) is 16.7. The van der Waals surface area contributed by atoms with Crippen LogP contribution in [0, 0.1) is 0 Å². The first-order valence-electron chi connectivity index (χ1n) is 10.1. The minimum Gasteiger partial charge on any atom is -0.465 e. The predicted octanol–water partition coefficient (Wildman–Crippen LogP) is 4.33. The van der Waals surface area contributed by atoms with Gasteiger partial charge >= 0.3 is 12.1 Å². The Hall–Kier alpha value is -2.86. The highest BCUT2D eigenvalue weighted by molar-refractivity contribution is 5.77. The molecule has 1 unspecified atom stereocenters. The van der Waals surface area contributed by atoms with Gasteiger partial charge in [0.2, 0.25) is 0 Å². The zero-order chi connectivity index (χ0) is 22.1. The molecule has 0 saturated carbocycles. The normalized spacial score (nSPS) is 13.2. The molecule has 0 spiro atoms. The fourth-order valence-corrected chi connectivity index (χ4v) is 2.84. The number of amides is 1. The van der Waals surface area contributed by atoms with Crippen LogP contribution in [-0.2, 0) is 14.3 Å². The number of hydrogen-bond donors (Lipinski definition) is 2. The van der Waals surface area contributed by atoms with Gasteiger partial charge in [0.25, 0.3) is 0 Å². The van der Waals surface area contributed by atoms with E-state index in [4.69, 9.17) is 9.47 Å². The van der Waals surface area contributed by atoms with Crippen molar-refractivity contribution in [3.63, 3.8) is 0 Å². The van der Waals surface area contributed by atoms with Crippen molar-refractivity contribution >= 4 is 12.1 Å². The first-order valence-corrected chi connectivity index (χ1v) is 10.1. The Morgan fingerprint density at radius 2 is 1.63 bits per heavy atom. The molecule has 30 heavy (non-hydrogen) atoms. The summed E-state index contributed by atoms with van der Waals surface area (Å²) in [5.74, 6) is -0.814. The standard InChI is InChI=1S/C24H31NO5/c1-17(22(27)29-15-9-14-25-23(28)30-24(2,3)4)19-12-8-13-20(16-19)21(26)18-10-6-5-7-11-18/h5-8,10-13,16-17,21,26H,9,14-15H2,1-4H3,(H,25,28)/t17-,21?/m1/s1. The lowest BCUT2D eigenvalue weighted by Gasteiger charge is -2.19. The molecule has 6 nitrogen and oxygen atoms in total. The maximum atomic E-state index is 12.4. The molecule has 6 heteroatoms. The molecular formula is C24H31NO5. The average molecular weight is 414 g/mol. The van der Waals surface area contributed by atoms with Crippen molar-refractivity contribution in [2.75, 3.05) is 13.2 Å². The largest absolute Gasteiger partial charge is 0.465 e. The van der Waals surface area contributed by atoms with Gasteiger partial charge in [-0.15, -0.1) is 0 Å². The summed E-state index contributed by atoms with van der Waals surface area (Å²) in [6.45, 7) is 7.71. The summed E-state index contributed by atoms with van der Waals surface area (Å²) in [4.78, 5) is 24.0. The highest BCUT2D eigenvalue weighted by Gasteiger charge is 2.19. The molecule has 1 amide bonds. The van der Waals surface area contributed by atoms with E-state index in [-0.39, 0.29) is 12.6 Å². The average Bonchev–Trinajstić information content (AvgIpc) is 2.71. The van der Waals surface area contributed by atoms with Gasteiger partial charge in [-0.25, -0.2) is 4.79 Å². The number of hydrogen-bond acceptors (Lipinski definition) is 5. The topological polar surface area (TPSA) is 84.9 Å². The van der Waals surface area contributed by atoms with Crippen LogP contribution >= 0.6 is 0 Å². The van der Waals surface area contributed by atoms with E-state index in [0.717, 1.165) is 16.7 Å². The lowest BCUT2D eigenvalue weighted by molar-refractivity contribution is -0.145. The van der Waals surface area contributed by atoms with Crippen molar-refractivity contribution in [1.82, 2.24) is 5.32 Å². The maximum absolute atomic E-state index is 12.4. The molecule has 0 fully saturated rings. The van der Waals surface area contributed by atoms with Crippen molar-refractivity contribution in [2.24, 2.45) is 0 Å². The van der Waals surface area contributed by atoms with Crippen LogP contribution in [0.15, 0.2) is 54.6 Å². The summed E-state index contributed by atoms with van der Waals surface area (Å²) in [5.41, 5.74) is 1.75. The molecule has 162 valence electrons. The van der Waals surface area contributed by atoms with Gasteiger partial charge in [-0.3, -0.25) is 4.79 Å². The molecule has 0 bridgehead atoms. The van der Waals surface area contributed by atoms with E-state index in [1.807, 2.05) is 54.6 Å². The molecule has 0 saturated heterocycles. The SMILES string of the molecule is C[C@@H](C(=O)OCCCNC(=O)OC(C)(C)C)c1cccc(C(O)c2ccccc2)c1. The van der Waals surface area contributed by atoms with Gasteiger partial charge in [0.15, 0.2) is 0 Å². The van der Waals surface area contributed by atoms with Crippen LogP contribution in [0.2, 0.25) is 0 Å². The second-order valence-corrected chi connectivity index (χ2v) is 8.15. The van der Waals surface area contributed by atoms with Crippen molar-refractivity contribution in [3.8, 4) is 0 Å². The molecule has 2 N–H and O–H groups in total. The molecule has 0 aliphatic rings. The van der Waals surface area contributed by atoms with Gasteiger partial charge in [-0.1, -0.05) is 54.6 Å². The van der Waals surface area contributed by atoms with Crippen molar-refractivity contribution in [1.29, 1.82) is 0 Å². The van der Waals surface area contributed by atoms with Crippen LogP contribution in [0.5, 0.6) is 0 Å². The van der Waals surface area contributed by atoms with Crippen LogP contribution in [0.25, 0.3) is 0 Å². The Labute approximate surface area is 178 Å². The molecule has 0 radical (unpaired) electrons. The summed E-state index contributed by atoms with van der Waals surface area (Å²) in [7, 11) is 0. The fourth-order valence-electron chi connectivity index (χ4n) is 2.84. The van der Waals surface area contributed by atoms with Crippen LogP contribution < -0.4 is 5.32 Å². The lowest BCUT2D eigenvalue weighted by Crippen LogP contribution is -2.33. The summed E-state index contributed by atoms with van der Waals surface area (Å²) < 4.78 is 10.5. The smallest absolute Gasteiger partial charge is 0.407 e. The number of aliphatic hydroxyl groups excluding tert-OH is 1. The number of rotatable bonds is 8.